The lowest BCUT2D eigenvalue weighted by atomic mass is 9.85. The molecule has 2 aliphatic rings. The Labute approximate surface area is 225 Å². The zero-order chi connectivity index (χ0) is 26.9. The Morgan fingerprint density at radius 1 is 1.24 bits per heavy atom. The number of amides is 1. The summed E-state index contributed by atoms with van der Waals surface area (Å²) in [4.78, 5) is 20.4. The van der Waals surface area contributed by atoms with Gasteiger partial charge >= 0.3 is 0 Å². The number of aliphatic hydroxyl groups excluding tert-OH is 1. The van der Waals surface area contributed by atoms with E-state index in [9.17, 15) is 9.90 Å². The molecule has 2 aromatic carbocycles. The van der Waals surface area contributed by atoms with Gasteiger partial charge in [0.05, 0.1) is 0 Å². The lowest BCUT2D eigenvalue weighted by Gasteiger charge is -2.33. The number of benzene rings is 2. The molecule has 204 valence electrons. The Morgan fingerprint density at radius 2 is 2.05 bits per heavy atom. The summed E-state index contributed by atoms with van der Waals surface area (Å²) in [5, 5.41) is 19.9. The van der Waals surface area contributed by atoms with Crippen LogP contribution in [0.3, 0.4) is 0 Å². The standard InChI is InChI=1S/C29H41N7O2/c1-21-16-28(11-8-24(21)19-36-14-13-31-27(20-36)18-32-34-30)35(2)29(38)23-6-9-25(10-7-23)33-26-5-3-4-22(17-26)12-15-37/h3-5,8,11,16-17,23,25,27,31,33,37H,6-7,9-10,12-15,18-20H2,1-2H3/t23?,25?,27-/m0/s1. The summed E-state index contributed by atoms with van der Waals surface area (Å²) in [6.45, 7) is 6.27. The van der Waals surface area contributed by atoms with Gasteiger partial charge in [0.15, 0.2) is 0 Å². The minimum Gasteiger partial charge on any atom is -0.396 e. The van der Waals surface area contributed by atoms with Crippen LogP contribution in [0.4, 0.5) is 11.4 Å². The Kier molecular flexibility index (Phi) is 10.0. The molecule has 0 aromatic heterocycles. The summed E-state index contributed by atoms with van der Waals surface area (Å²) in [5.41, 5.74) is 14.2. The minimum absolute atomic E-state index is 0.0487. The van der Waals surface area contributed by atoms with Crippen LogP contribution in [0, 0.1) is 12.8 Å². The fourth-order valence-electron chi connectivity index (χ4n) is 5.67. The second-order valence-corrected chi connectivity index (χ2v) is 10.7. The SMILES string of the molecule is Cc1cc(N(C)C(=O)C2CCC(Nc3cccc(CCO)c3)CC2)ccc1CN1CCN[C@@H](CN=[N+]=[N-])C1. The molecule has 1 saturated heterocycles. The molecule has 3 N–H and O–H groups in total. The second-order valence-electron chi connectivity index (χ2n) is 10.7. The predicted molar refractivity (Wildman–Crippen MR) is 152 cm³/mol. The van der Waals surface area contributed by atoms with E-state index in [1.807, 2.05) is 24.1 Å². The van der Waals surface area contributed by atoms with Crippen molar-refractivity contribution in [3.8, 4) is 0 Å². The molecule has 2 aromatic rings. The first kappa shape index (κ1) is 27.9. The highest BCUT2D eigenvalue weighted by Crippen LogP contribution is 2.30. The van der Waals surface area contributed by atoms with E-state index in [1.165, 1.54) is 11.1 Å². The summed E-state index contributed by atoms with van der Waals surface area (Å²) in [7, 11) is 1.89. The van der Waals surface area contributed by atoms with E-state index < -0.39 is 0 Å². The average molecular weight is 520 g/mol. The van der Waals surface area contributed by atoms with Gasteiger partial charge in [-0.05, 0) is 85.5 Å². The number of piperazine rings is 1. The van der Waals surface area contributed by atoms with Gasteiger partial charge in [0.2, 0.25) is 5.91 Å². The topological polar surface area (TPSA) is 117 Å². The van der Waals surface area contributed by atoms with Crippen LogP contribution >= 0.6 is 0 Å². The monoisotopic (exact) mass is 519 g/mol. The van der Waals surface area contributed by atoms with Crippen molar-refractivity contribution in [2.45, 2.75) is 57.7 Å². The van der Waals surface area contributed by atoms with Crippen LogP contribution in [0.1, 0.15) is 42.4 Å². The molecular weight excluding hydrogens is 478 g/mol. The molecular formula is C29H41N7O2. The molecule has 38 heavy (non-hydrogen) atoms. The summed E-state index contributed by atoms with van der Waals surface area (Å²) < 4.78 is 0. The van der Waals surface area contributed by atoms with Crippen molar-refractivity contribution >= 4 is 17.3 Å². The first-order valence-electron chi connectivity index (χ1n) is 13.8. The van der Waals surface area contributed by atoms with Crippen molar-refractivity contribution in [3.05, 3.63) is 69.6 Å². The van der Waals surface area contributed by atoms with Gasteiger partial charge < -0.3 is 20.6 Å². The molecule has 4 rings (SSSR count). The number of nitrogens with one attached hydrogen (secondary N) is 2. The van der Waals surface area contributed by atoms with Crippen LogP contribution in [0.15, 0.2) is 47.6 Å². The van der Waals surface area contributed by atoms with Crippen LogP contribution in [0.25, 0.3) is 10.4 Å². The normalized spacial score (nSPS) is 21.9. The maximum absolute atomic E-state index is 13.3. The molecule has 1 atom stereocenters. The second kappa shape index (κ2) is 13.6. The van der Waals surface area contributed by atoms with Gasteiger partial charge in [-0.25, -0.2) is 0 Å². The van der Waals surface area contributed by atoms with E-state index in [2.05, 4.69) is 62.8 Å². The largest absolute Gasteiger partial charge is 0.396 e. The van der Waals surface area contributed by atoms with E-state index in [0.717, 1.165) is 68.8 Å². The molecule has 1 amide bonds. The summed E-state index contributed by atoms with van der Waals surface area (Å²) in [6, 6.07) is 15.1. The molecule has 9 nitrogen and oxygen atoms in total. The quantitative estimate of drug-likeness (QED) is 0.247. The van der Waals surface area contributed by atoms with Gasteiger partial charge in [0.1, 0.15) is 0 Å². The Hall–Kier alpha value is -3.10. The molecule has 1 aliphatic heterocycles. The lowest BCUT2D eigenvalue weighted by Crippen LogP contribution is -2.51. The molecule has 0 bridgehead atoms. The maximum atomic E-state index is 13.3. The Balaban J connectivity index is 1.28. The summed E-state index contributed by atoms with van der Waals surface area (Å²) in [5.74, 6) is 0.246. The first-order chi connectivity index (χ1) is 18.5. The highest BCUT2D eigenvalue weighted by atomic mass is 16.3. The predicted octanol–water partition coefficient (Wildman–Crippen LogP) is 4.25. The van der Waals surface area contributed by atoms with E-state index >= 15 is 0 Å². The highest BCUT2D eigenvalue weighted by molar-refractivity contribution is 5.94. The van der Waals surface area contributed by atoms with Crippen molar-refractivity contribution in [1.29, 1.82) is 0 Å². The van der Waals surface area contributed by atoms with Gasteiger partial charge in [-0.1, -0.05) is 23.3 Å². The van der Waals surface area contributed by atoms with E-state index in [4.69, 9.17) is 5.53 Å². The number of hydrogen-bond acceptors (Lipinski definition) is 6. The molecule has 1 saturated carbocycles. The first-order valence-corrected chi connectivity index (χ1v) is 13.8. The third kappa shape index (κ3) is 7.48. The van der Waals surface area contributed by atoms with Crippen LogP contribution < -0.4 is 15.5 Å². The van der Waals surface area contributed by atoms with Crippen molar-refractivity contribution in [2.75, 3.05) is 50.1 Å². The number of nitrogens with zero attached hydrogens (tertiary/aromatic N) is 5. The summed E-state index contributed by atoms with van der Waals surface area (Å²) in [6.07, 6.45) is 4.37. The molecule has 0 spiro atoms. The fourth-order valence-corrected chi connectivity index (χ4v) is 5.67. The summed E-state index contributed by atoms with van der Waals surface area (Å²) >= 11 is 0. The van der Waals surface area contributed by atoms with Crippen LogP contribution in [-0.4, -0.2) is 67.8 Å². The number of hydrogen-bond donors (Lipinski definition) is 3. The van der Waals surface area contributed by atoms with Gasteiger partial charge in [-0.15, -0.1) is 0 Å². The number of rotatable bonds is 10. The third-order valence-corrected chi connectivity index (χ3v) is 7.92. The lowest BCUT2D eigenvalue weighted by molar-refractivity contribution is -0.123. The van der Waals surface area contributed by atoms with Gasteiger partial charge in [-0.2, -0.15) is 0 Å². The van der Waals surface area contributed by atoms with E-state index in [0.29, 0.717) is 19.0 Å². The van der Waals surface area contributed by atoms with Crippen molar-refractivity contribution < 1.29 is 9.90 Å². The van der Waals surface area contributed by atoms with Crippen molar-refractivity contribution in [3.63, 3.8) is 0 Å². The molecule has 0 radical (unpaired) electrons. The number of aryl methyl sites for hydroxylation is 1. The Bertz CT molecular complexity index is 1130. The number of aliphatic hydroxyl groups is 1. The van der Waals surface area contributed by atoms with E-state index in [1.54, 1.807) is 0 Å². The Morgan fingerprint density at radius 3 is 2.79 bits per heavy atom. The molecule has 1 heterocycles. The number of azide groups is 1. The van der Waals surface area contributed by atoms with Crippen LogP contribution in [-0.2, 0) is 17.8 Å². The van der Waals surface area contributed by atoms with Gasteiger partial charge in [0.25, 0.3) is 0 Å². The fraction of sp³-hybridized carbons (Fsp3) is 0.552. The van der Waals surface area contributed by atoms with Crippen LogP contribution in [0.5, 0.6) is 0 Å². The highest BCUT2D eigenvalue weighted by Gasteiger charge is 2.29. The number of anilines is 2. The average Bonchev–Trinajstić information content (AvgIpc) is 2.93. The van der Waals surface area contributed by atoms with Gasteiger partial charge in [0, 0.05) is 80.7 Å². The number of carbonyl (C=O) groups excluding carboxylic acids is 1. The minimum atomic E-state index is 0.0487. The third-order valence-electron chi connectivity index (χ3n) is 7.92. The van der Waals surface area contributed by atoms with Crippen molar-refractivity contribution in [1.82, 2.24) is 10.2 Å². The molecule has 9 heteroatoms. The zero-order valence-electron chi connectivity index (χ0n) is 22.6. The van der Waals surface area contributed by atoms with Gasteiger partial charge in [-0.3, -0.25) is 9.69 Å². The molecule has 2 fully saturated rings. The zero-order valence-corrected chi connectivity index (χ0v) is 22.6. The smallest absolute Gasteiger partial charge is 0.229 e. The van der Waals surface area contributed by atoms with E-state index in [-0.39, 0.29) is 24.5 Å². The molecule has 0 unspecified atom stereocenters. The maximum Gasteiger partial charge on any atom is 0.229 e. The number of carbonyl (C=O) groups is 1. The van der Waals surface area contributed by atoms with Crippen molar-refractivity contribution in [2.24, 2.45) is 11.0 Å². The van der Waals surface area contributed by atoms with Crippen LogP contribution in [0.2, 0.25) is 0 Å². The molecule has 1 aliphatic carbocycles.